The van der Waals surface area contributed by atoms with Crippen LogP contribution < -0.4 is 74.5 Å². The number of anilines is 11. The maximum Gasteiger partial charge on any atom is 0.156 e. The summed E-state index contributed by atoms with van der Waals surface area (Å²) in [5.74, 6) is 4.22. The summed E-state index contributed by atoms with van der Waals surface area (Å²) in [6.45, 7) is 18.6. The number of aryl methyl sites for hydroxylation is 1. The normalized spacial score (nSPS) is 17.1. The molecule has 654 valence electrons. The Hall–Kier alpha value is -10.9. The third-order valence-electron chi connectivity index (χ3n) is 20.9. The van der Waals surface area contributed by atoms with Crippen LogP contribution >= 0.6 is 23.1 Å². The van der Waals surface area contributed by atoms with Gasteiger partial charge in [0.05, 0.1) is 81.3 Å². The van der Waals surface area contributed by atoms with Crippen LogP contribution in [0.15, 0.2) is 264 Å². The Bertz CT molecular complexity index is 4650. The van der Waals surface area contributed by atoms with Crippen LogP contribution in [0.25, 0.3) is 0 Å². The van der Waals surface area contributed by atoms with Gasteiger partial charge in [0.25, 0.3) is 0 Å². The van der Waals surface area contributed by atoms with Crippen LogP contribution in [-0.2, 0) is 91.1 Å². The van der Waals surface area contributed by atoms with E-state index >= 15 is 0 Å². The first-order valence-corrected chi connectivity index (χ1v) is 48.6. The SMILES string of the molecule is C1=NCCNc2ccccc21.C1=NNCNc2ccccc21.O=S1(=O)CCNc2ccccc2C1.O=S1CCNc2ccccc2C1.c1cc2c(s1)NCCOC2.c1ccc2c(c1)CCCCN2.c1ccc2c(c1)CCNCN2.c1ccc2c(c1)CCOCCN2.c1ccc2c(c1)CNCCN2.c1ccc2c(c1)COCCN2.c1ccc2c(c1)CSCCN2. The van der Waals surface area contributed by atoms with Crippen LogP contribution in [-0.4, -0.2) is 161 Å². The third kappa shape index (κ3) is 32.3. The topological polar surface area (TPSA) is 272 Å². The third-order valence-corrected chi connectivity index (χ3v) is 25.7. The van der Waals surface area contributed by atoms with Gasteiger partial charge in [-0.15, -0.1) is 11.3 Å². The number of thioether (sulfide) groups is 1. The van der Waals surface area contributed by atoms with E-state index in [0.29, 0.717) is 19.0 Å². The Labute approximate surface area is 744 Å². The van der Waals surface area contributed by atoms with E-state index in [-0.39, 0.29) is 11.5 Å². The molecule has 12 heterocycles. The second-order valence-corrected chi connectivity index (χ2v) is 35.8. The van der Waals surface area contributed by atoms with Crippen molar-refractivity contribution >= 4 is 118 Å². The maximum atomic E-state index is 11.4. The Morgan fingerprint density at radius 1 is 0.355 bits per heavy atom. The zero-order valence-electron chi connectivity index (χ0n) is 71.0. The molecule has 0 fully saturated rings. The van der Waals surface area contributed by atoms with Gasteiger partial charge in [0.2, 0.25) is 0 Å². The van der Waals surface area contributed by atoms with Crippen molar-refractivity contribution in [2.75, 3.05) is 194 Å². The molecule has 0 aliphatic carbocycles. The molecule has 1 unspecified atom stereocenters. The van der Waals surface area contributed by atoms with Gasteiger partial charge in [-0.05, 0) is 143 Å². The van der Waals surface area contributed by atoms with Crippen molar-refractivity contribution in [3.8, 4) is 0 Å². The van der Waals surface area contributed by atoms with E-state index in [0.717, 1.165) is 177 Å². The van der Waals surface area contributed by atoms with Gasteiger partial charge in [-0.1, -0.05) is 182 Å². The molecule has 0 spiro atoms. The lowest BCUT2D eigenvalue weighted by atomic mass is 10.1. The van der Waals surface area contributed by atoms with Crippen LogP contribution in [0.2, 0.25) is 0 Å². The van der Waals surface area contributed by atoms with Crippen LogP contribution in [0, 0.1) is 0 Å². The molecule has 124 heavy (non-hydrogen) atoms. The van der Waals surface area contributed by atoms with Crippen LogP contribution in [0.1, 0.15) is 74.0 Å². The van der Waals surface area contributed by atoms with Crippen molar-refractivity contribution in [1.82, 2.24) is 16.1 Å². The summed E-state index contributed by atoms with van der Waals surface area (Å²) in [4.78, 5) is 4.22. The Balaban J connectivity index is 0.000000124. The molecule has 11 aromatic rings. The fourth-order valence-corrected chi connectivity index (χ4v) is 18.4. The van der Waals surface area contributed by atoms with Gasteiger partial charge in [-0.2, -0.15) is 16.9 Å². The number of benzene rings is 10. The fourth-order valence-electron chi connectivity index (χ4n) is 14.4. The number of hydrazone groups is 1. The smallest absolute Gasteiger partial charge is 0.156 e. The number of fused-ring (bicyclic) bond motifs is 11. The van der Waals surface area contributed by atoms with Crippen LogP contribution in [0.5, 0.6) is 0 Å². The number of sulfone groups is 1. The molecule has 1 atom stereocenters. The second-order valence-electron chi connectivity index (χ2n) is 30.0. The zero-order valence-corrected chi connectivity index (χ0v) is 74.3. The summed E-state index contributed by atoms with van der Waals surface area (Å²) in [5, 5.41) is 50.3. The average molecular weight is 1750 g/mol. The molecule has 22 nitrogen and oxygen atoms in total. The molecule has 1 aromatic heterocycles. The molecule has 22 rings (SSSR count). The number of ether oxygens (including phenoxy) is 3. The lowest BCUT2D eigenvalue weighted by Crippen LogP contribution is -2.20. The summed E-state index contributed by atoms with van der Waals surface area (Å²) in [7, 11) is -3.58. The minimum atomic E-state index is -2.90. The van der Waals surface area contributed by atoms with E-state index < -0.39 is 20.6 Å². The fraction of sp³-hybridized carbons (Fsp3) is 0.327. The molecule has 26 heteroatoms. The van der Waals surface area contributed by atoms with Gasteiger partial charge >= 0.3 is 0 Å². The Kier molecular flexibility index (Phi) is 39.7. The molecule has 0 radical (unpaired) electrons. The summed E-state index contributed by atoms with van der Waals surface area (Å²) in [6, 6.07) is 84.7. The molecule has 0 amide bonds. The highest BCUT2D eigenvalue weighted by Crippen LogP contribution is 2.29. The molecular weight excluding hydrogens is 1630 g/mol. The average Bonchev–Trinajstić information content (AvgIpc) is 1.68. The second kappa shape index (κ2) is 53.3. The molecular formula is C98H122N16O6S4. The van der Waals surface area contributed by atoms with Gasteiger partial charge < -0.3 is 78.0 Å². The van der Waals surface area contributed by atoms with Crippen LogP contribution in [0.4, 0.5) is 61.9 Å². The van der Waals surface area contributed by atoms with Gasteiger partial charge in [0.1, 0.15) is 6.67 Å². The molecule has 0 saturated carbocycles. The van der Waals surface area contributed by atoms with Crippen molar-refractivity contribution in [3.63, 3.8) is 0 Å². The number of hydrogen-bond acceptors (Lipinski definition) is 24. The van der Waals surface area contributed by atoms with Crippen molar-refractivity contribution in [2.24, 2.45) is 10.1 Å². The predicted octanol–water partition coefficient (Wildman–Crippen LogP) is 17.1. The van der Waals surface area contributed by atoms with Gasteiger partial charge in [-0.3, -0.25) is 19.9 Å². The van der Waals surface area contributed by atoms with Crippen LogP contribution in [0.3, 0.4) is 0 Å². The van der Waals surface area contributed by atoms with Gasteiger partial charge in [-0.25, -0.2) is 8.42 Å². The van der Waals surface area contributed by atoms with E-state index in [1.165, 1.54) is 120 Å². The molecule has 11 aliphatic heterocycles. The number of nitrogens with one attached hydrogen (secondary N) is 14. The maximum absolute atomic E-state index is 11.4. The summed E-state index contributed by atoms with van der Waals surface area (Å²) in [5.41, 5.74) is 28.9. The standard InChI is InChI=1S/C10H13NO.C10H13N.C9H12N2.C9H10N2.C9H12N2.C9H11NO2S.C9H11NOS.C9H11NO.C9H11NS.C8H9N3.C7H9NOS/c1-2-4-10-9(3-1)5-7-12-8-6-11-10;1-2-7-10-9(5-1)6-3-4-8-11-10;2*1-2-4-9-8(3-1)7-10-5-6-11-9;1-2-4-9-8(3-1)5-6-10-7-11-9;11-13(12)6-5-10-9-4-2-1-3-8(9)7-13;11-12-6-5-10-9-4-2-1-3-8(9)7-12;2*1-2-4-9-8(3-1)7-11-6-5-10-9;1-2-4-8-7(3-1)5-10-11-6-9-8;1-4-10-7-6(1)5-9-3-2-8-7/h1-4,11H,5-8H2;1-2,5,7,11H,3-4,6,8H2;1-4,10-11H,5-7H2;1-4,7,11H,5-6H2;1-4,10-11H,5-7H2;1-4,10H,5-7H2;1-4,10H,5-7H2;2*1-4,10H,5-7H2;1-5,9,11H,6H2;1,4,8H,2-3,5H2. The number of para-hydroxylation sites is 10. The Morgan fingerprint density at radius 3 is 1.55 bits per heavy atom. The number of benzodiazepines with no additional fused rings is 1. The summed E-state index contributed by atoms with van der Waals surface area (Å²) in [6.07, 6.45) is 9.75. The molecule has 0 saturated heterocycles. The summed E-state index contributed by atoms with van der Waals surface area (Å²) >= 11 is 3.74. The minimum absolute atomic E-state index is 0.163. The lowest BCUT2D eigenvalue weighted by Gasteiger charge is -2.15. The lowest BCUT2D eigenvalue weighted by molar-refractivity contribution is 0.134. The monoisotopic (exact) mass is 1750 g/mol. The largest absolute Gasteiger partial charge is 0.385 e. The first-order valence-electron chi connectivity index (χ1n) is 43.3. The number of hydrogen-bond donors (Lipinski definition) is 14. The van der Waals surface area contributed by atoms with Gasteiger partial charge in [0, 0.05) is 192 Å². The summed E-state index contributed by atoms with van der Waals surface area (Å²) < 4.78 is 50.2. The first-order chi connectivity index (χ1) is 61.2. The van der Waals surface area contributed by atoms with E-state index in [1.807, 2.05) is 121 Å². The van der Waals surface area contributed by atoms with E-state index in [1.54, 1.807) is 11.3 Å². The van der Waals surface area contributed by atoms with Crippen molar-refractivity contribution in [2.45, 2.75) is 69.1 Å². The minimum Gasteiger partial charge on any atom is -0.385 e. The number of thiophene rings is 1. The van der Waals surface area contributed by atoms with Crippen molar-refractivity contribution in [1.29, 1.82) is 0 Å². The van der Waals surface area contributed by atoms with E-state index in [4.69, 9.17) is 14.2 Å². The molecule has 11 aliphatic rings. The van der Waals surface area contributed by atoms with Gasteiger partial charge in [0.15, 0.2) is 9.84 Å². The quantitative estimate of drug-likeness (QED) is 0.0672. The number of nitrogens with zero attached hydrogens (tertiary/aromatic N) is 2. The highest BCUT2D eigenvalue weighted by Gasteiger charge is 2.19. The number of rotatable bonds is 0. The zero-order chi connectivity index (χ0) is 85.4. The van der Waals surface area contributed by atoms with E-state index in [2.05, 4.69) is 242 Å². The number of aliphatic imine (C=N–C) groups is 1. The Morgan fingerprint density at radius 2 is 0.839 bits per heavy atom. The molecule has 10 aromatic carbocycles. The van der Waals surface area contributed by atoms with Crippen molar-refractivity contribution in [3.05, 3.63) is 315 Å². The highest BCUT2D eigenvalue weighted by molar-refractivity contribution is 7.98. The predicted molar refractivity (Wildman–Crippen MR) is 526 cm³/mol. The first kappa shape index (κ1) is 92.3. The molecule has 14 N–H and O–H groups in total. The highest BCUT2D eigenvalue weighted by atomic mass is 32.2. The molecule has 0 bridgehead atoms. The van der Waals surface area contributed by atoms with E-state index in [9.17, 15) is 12.6 Å². The van der Waals surface area contributed by atoms with Crippen molar-refractivity contribution < 1.29 is 26.8 Å².